The molecule has 1 atom stereocenters. The van der Waals surface area contributed by atoms with Crippen LogP contribution in [0.25, 0.3) is 0 Å². The normalized spacial score (nSPS) is 22.8. The summed E-state index contributed by atoms with van der Waals surface area (Å²) >= 11 is 0. The van der Waals surface area contributed by atoms with Crippen molar-refractivity contribution in [2.45, 2.75) is 45.3 Å². The molecule has 2 heterocycles. The van der Waals surface area contributed by atoms with Gasteiger partial charge in [0.2, 0.25) is 0 Å². The van der Waals surface area contributed by atoms with Crippen molar-refractivity contribution in [3.8, 4) is 0 Å². The number of rotatable bonds is 3. The predicted molar refractivity (Wildman–Crippen MR) is 74.4 cm³/mol. The summed E-state index contributed by atoms with van der Waals surface area (Å²) in [5.74, 6) is 1.29. The topological polar surface area (TPSA) is 58.5 Å². The largest absolute Gasteiger partial charge is 0.394 e. The van der Waals surface area contributed by atoms with Crippen LogP contribution in [-0.4, -0.2) is 46.5 Å². The highest BCUT2D eigenvalue weighted by molar-refractivity contribution is 5.41. The van der Waals surface area contributed by atoms with Gasteiger partial charge in [0.25, 0.3) is 0 Å². The number of aromatic nitrogens is 2. The molecular formula is C14H23N3O2. The van der Waals surface area contributed by atoms with E-state index in [9.17, 15) is 5.11 Å². The molecule has 5 nitrogen and oxygen atoms in total. The van der Waals surface area contributed by atoms with Gasteiger partial charge in [-0.05, 0) is 19.8 Å². The van der Waals surface area contributed by atoms with Gasteiger partial charge in [-0.15, -0.1) is 0 Å². The van der Waals surface area contributed by atoms with E-state index in [1.165, 1.54) is 0 Å². The van der Waals surface area contributed by atoms with Crippen molar-refractivity contribution in [3.63, 3.8) is 0 Å². The zero-order valence-corrected chi connectivity index (χ0v) is 12.1. The summed E-state index contributed by atoms with van der Waals surface area (Å²) in [6.45, 7) is 9.76. The Kier molecular flexibility index (Phi) is 4.06. The summed E-state index contributed by atoms with van der Waals surface area (Å²) in [5, 5.41) is 9.35. The fourth-order valence-electron chi connectivity index (χ4n) is 2.42. The lowest BCUT2D eigenvalue weighted by atomic mass is 10.0. The molecule has 2 rings (SSSR count). The first-order chi connectivity index (χ1) is 8.91. The lowest BCUT2D eigenvalue weighted by Crippen LogP contribution is -2.54. The van der Waals surface area contributed by atoms with Crippen molar-refractivity contribution in [3.05, 3.63) is 18.1 Å². The van der Waals surface area contributed by atoms with Crippen LogP contribution >= 0.6 is 0 Å². The second kappa shape index (κ2) is 5.43. The van der Waals surface area contributed by atoms with Crippen molar-refractivity contribution in [1.29, 1.82) is 0 Å². The van der Waals surface area contributed by atoms with E-state index in [1.807, 2.05) is 19.9 Å². The first-order valence-corrected chi connectivity index (χ1v) is 6.77. The Bertz CT molecular complexity index is 434. The van der Waals surface area contributed by atoms with Crippen molar-refractivity contribution in [2.75, 3.05) is 24.6 Å². The summed E-state index contributed by atoms with van der Waals surface area (Å²) in [7, 11) is 0. The SMILES string of the molecule is CC(C)c1cc(N2CC(CO)OC(C)(C)C2)ncn1. The molecule has 106 valence electrons. The zero-order chi connectivity index (χ0) is 14.0. The van der Waals surface area contributed by atoms with E-state index in [4.69, 9.17) is 4.74 Å². The third kappa shape index (κ3) is 3.42. The number of hydrogen-bond donors (Lipinski definition) is 1. The molecule has 1 fully saturated rings. The van der Waals surface area contributed by atoms with E-state index in [0.717, 1.165) is 18.1 Å². The van der Waals surface area contributed by atoms with Crippen LogP contribution in [0, 0.1) is 0 Å². The van der Waals surface area contributed by atoms with Crippen molar-refractivity contribution in [2.24, 2.45) is 0 Å². The Morgan fingerprint density at radius 3 is 2.84 bits per heavy atom. The van der Waals surface area contributed by atoms with Crippen LogP contribution in [0.5, 0.6) is 0 Å². The standard InChI is InChI=1S/C14H23N3O2/c1-10(2)12-5-13(16-9-15-12)17-6-11(7-18)19-14(3,4)8-17/h5,9-11,18H,6-8H2,1-4H3. The highest BCUT2D eigenvalue weighted by atomic mass is 16.5. The molecule has 1 aliphatic rings. The summed E-state index contributed by atoms with van der Waals surface area (Å²) in [6, 6.07) is 2.03. The van der Waals surface area contributed by atoms with Crippen LogP contribution in [0.1, 0.15) is 39.3 Å². The molecule has 0 radical (unpaired) electrons. The number of aliphatic hydroxyl groups excluding tert-OH is 1. The highest BCUT2D eigenvalue weighted by Gasteiger charge is 2.33. The zero-order valence-electron chi connectivity index (χ0n) is 12.1. The molecule has 1 aromatic rings. The highest BCUT2D eigenvalue weighted by Crippen LogP contribution is 2.25. The number of anilines is 1. The first kappa shape index (κ1) is 14.2. The van der Waals surface area contributed by atoms with Gasteiger partial charge in [-0.25, -0.2) is 9.97 Å². The Hall–Kier alpha value is -1.20. The molecule has 0 bridgehead atoms. The Morgan fingerprint density at radius 2 is 2.21 bits per heavy atom. The van der Waals surface area contributed by atoms with E-state index in [-0.39, 0.29) is 18.3 Å². The van der Waals surface area contributed by atoms with Gasteiger partial charge < -0.3 is 14.7 Å². The minimum absolute atomic E-state index is 0.0298. The number of aliphatic hydroxyl groups is 1. The summed E-state index contributed by atoms with van der Waals surface area (Å²) in [5.41, 5.74) is 0.754. The minimum Gasteiger partial charge on any atom is -0.394 e. The maximum absolute atomic E-state index is 9.35. The lowest BCUT2D eigenvalue weighted by molar-refractivity contribution is -0.101. The fourth-order valence-corrected chi connectivity index (χ4v) is 2.42. The predicted octanol–water partition coefficient (Wildman–Crippen LogP) is 1.58. The number of ether oxygens (including phenoxy) is 1. The summed E-state index contributed by atoms with van der Waals surface area (Å²) in [4.78, 5) is 10.8. The summed E-state index contributed by atoms with van der Waals surface area (Å²) < 4.78 is 5.82. The van der Waals surface area contributed by atoms with Gasteiger partial charge in [0, 0.05) is 24.8 Å². The average molecular weight is 265 g/mol. The van der Waals surface area contributed by atoms with Crippen LogP contribution < -0.4 is 4.90 Å². The van der Waals surface area contributed by atoms with Gasteiger partial charge in [0.1, 0.15) is 12.1 Å². The van der Waals surface area contributed by atoms with Gasteiger partial charge in [0.05, 0.1) is 18.3 Å². The monoisotopic (exact) mass is 265 g/mol. The molecule has 0 aliphatic carbocycles. The molecular weight excluding hydrogens is 242 g/mol. The summed E-state index contributed by atoms with van der Waals surface area (Å²) in [6.07, 6.45) is 1.45. The van der Waals surface area contributed by atoms with E-state index in [2.05, 4.69) is 28.7 Å². The second-order valence-corrected chi connectivity index (χ2v) is 6.02. The van der Waals surface area contributed by atoms with Crippen LogP contribution in [0.4, 0.5) is 5.82 Å². The first-order valence-electron chi connectivity index (χ1n) is 6.77. The van der Waals surface area contributed by atoms with E-state index in [1.54, 1.807) is 6.33 Å². The van der Waals surface area contributed by atoms with E-state index < -0.39 is 0 Å². The Morgan fingerprint density at radius 1 is 1.47 bits per heavy atom. The molecule has 0 amide bonds. The van der Waals surface area contributed by atoms with E-state index >= 15 is 0 Å². The van der Waals surface area contributed by atoms with Crippen LogP contribution in [-0.2, 0) is 4.74 Å². The van der Waals surface area contributed by atoms with Crippen molar-refractivity contribution >= 4 is 5.82 Å². The minimum atomic E-state index is -0.283. The number of morpholine rings is 1. The maximum atomic E-state index is 9.35. The van der Waals surface area contributed by atoms with Gasteiger partial charge in [-0.2, -0.15) is 0 Å². The van der Waals surface area contributed by atoms with Crippen LogP contribution in [0.2, 0.25) is 0 Å². The lowest BCUT2D eigenvalue weighted by Gasteiger charge is -2.42. The molecule has 19 heavy (non-hydrogen) atoms. The second-order valence-electron chi connectivity index (χ2n) is 6.02. The van der Waals surface area contributed by atoms with Crippen molar-refractivity contribution in [1.82, 2.24) is 9.97 Å². The quantitative estimate of drug-likeness (QED) is 0.899. The van der Waals surface area contributed by atoms with Crippen molar-refractivity contribution < 1.29 is 9.84 Å². The van der Waals surface area contributed by atoms with Gasteiger partial charge >= 0.3 is 0 Å². The molecule has 1 saturated heterocycles. The fraction of sp³-hybridized carbons (Fsp3) is 0.714. The molecule has 0 saturated carbocycles. The van der Waals surface area contributed by atoms with Gasteiger partial charge in [-0.1, -0.05) is 13.8 Å². The third-order valence-electron chi connectivity index (χ3n) is 3.27. The molecule has 1 aromatic heterocycles. The molecule has 1 unspecified atom stereocenters. The van der Waals surface area contributed by atoms with Crippen LogP contribution in [0.3, 0.4) is 0 Å². The molecule has 1 N–H and O–H groups in total. The smallest absolute Gasteiger partial charge is 0.132 e. The Labute approximate surface area is 114 Å². The van der Waals surface area contributed by atoms with Gasteiger partial charge in [-0.3, -0.25) is 0 Å². The Balaban J connectivity index is 2.22. The van der Waals surface area contributed by atoms with E-state index in [0.29, 0.717) is 12.5 Å². The molecule has 0 spiro atoms. The third-order valence-corrected chi connectivity index (χ3v) is 3.27. The molecule has 5 heteroatoms. The average Bonchev–Trinajstić information content (AvgIpc) is 2.37. The number of hydrogen-bond acceptors (Lipinski definition) is 5. The van der Waals surface area contributed by atoms with Gasteiger partial charge in [0.15, 0.2) is 0 Å². The number of nitrogens with zero attached hydrogens (tertiary/aromatic N) is 3. The maximum Gasteiger partial charge on any atom is 0.132 e. The molecule has 1 aliphatic heterocycles. The van der Waals surface area contributed by atoms with Crippen LogP contribution in [0.15, 0.2) is 12.4 Å². The molecule has 0 aromatic carbocycles.